The number of hydrogen-bond donors (Lipinski definition) is 3. The molecule has 0 unspecified atom stereocenters. The molecule has 2 aromatic carbocycles. The van der Waals surface area contributed by atoms with Gasteiger partial charge in [0.2, 0.25) is 15.9 Å². The van der Waals surface area contributed by atoms with Gasteiger partial charge in [-0.1, -0.05) is 56.0 Å². The molecule has 10 heteroatoms. The molecule has 1 amide bonds. The second kappa shape index (κ2) is 12.8. The fourth-order valence-electron chi connectivity index (χ4n) is 4.37. The summed E-state index contributed by atoms with van der Waals surface area (Å²) in [6.45, 7) is -0.276. The van der Waals surface area contributed by atoms with Gasteiger partial charge in [-0.15, -0.1) is 0 Å². The smallest absolute Gasteiger partial charge is 0.269 e. The number of carbonyl (C=O) groups is 1. The lowest BCUT2D eigenvalue weighted by Crippen LogP contribution is -2.42. The topological polar surface area (TPSA) is 139 Å². The molecule has 1 saturated carbocycles. The Morgan fingerprint density at radius 1 is 1.03 bits per heavy atom. The van der Waals surface area contributed by atoms with Crippen LogP contribution in [-0.4, -0.2) is 43.0 Å². The summed E-state index contributed by atoms with van der Waals surface area (Å²) >= 11 is 0. The fraction of sp³-hybridized carbons (Fsp3) is 0.480. The van der Waals surface area contributed by atoms with E-state index in [1.807, 2.05) is 30.3 Å². The number of nitro benzene ring substituents is 1. The Morgan fingerprint density at radius 2 is 1.66 bits per heavy atom. The van der Waals surface area contributed by atoms with Gasteiger partial charge in [0.05, 0.1) is 15.9 Å². The van der Waals surface area contributed by atoms with Crippen molar-refractivity contribution in [3.05, 3.63) is 70.3 Å². The Morgan fingerprint density at radius 3 is 2.26 bits per heavy atom. The predicted molar refractivity (Wildman–Crippen MR) is 132 cm³/mol. The van der Waals surface area contributed by atoms with Crippen molar-refractivity contribution in [1.29, 1.82) is 0 Å². The van der Waals surface area contributed by atoms with Crippen molar-refractivity contribution in [2.75, 3.05) is 6.54 Å². The minimum atomic E-state index is -3.97. The third-order valence-corrected chi connectivity index (χ3v) is 7.76. The zero-order chi connectivity index (χ0) is 25.3. The van der Waals surface area contributed by atoms with Crippen LogP contribution in [0.25, 0.3) is 0 Å². The van der Waals surface area contributed by atoms with Gasteiger partial charge in [-0.3, -0.25) is 14.9 Å². The van der Waals surface area contributed by atoms with Crippen molar-refractivity contribution in [2.45, 2.75) is 68.4 Å². The standard InChI is InChI=1S/C25H33N3O6S/c29-23(18-26-35(33,34)24-14-12-22(13-15-24)28(31)32)17-20(16-19-8-4-3-5-9-19)25(30)27-21-10-6-1-2-7-11-21/h3-5,8-9,12-15,20-21,23,26,29H,1-2,6-7,10-11,16-18H2,(H,27,30)/t20-,23-/m0/s1. The first-order valence-electron chi connectivity index (χ1n) is 12.0. The lowest BCUT2D eigenvalue weighted by Gasteiger charge is -2.24. The normalized spacial score (nSPS) is 16.7. The van der Waals surface area contributed by atoms with Gasteiger partial charge in [0.15, 0.2) is 0 Å². The molecule has 0 bridgehead atoms. The van der Waals surface area contributed by atoms with Crippen molar-refractivity contribution in [1.82, 2.24) is 10.0 Å². The third kappa shape index (κ3) is 8.41. The molecule has 3 N–H and O–H groups in total. The number of aliphatic hydroxyl groups excluding tert-OH is 1. The summed E-state index contributed by atoms with van der Waals surface area (Å²) in [5, 5.41) is 24.6. The Hall–Kier alpha value is -2.82. The highest BCUT2D eigenvalue weighted by Gasteiger charge is 2.26. The zero-order valence-corrected chi connectivity index (χ0v) is 20.5. The zero-order valence-electron chi connectivity index (χ0n) is 19.6. The van der Waals surface area contributed by atoms with Crippen molar-refractivity contribution in [3.63, 3.8) is 0 Å². The number of non-ortho nitro benzene ring substituents is 1. The van der Waals surface area contributed by atoms with Crippen LogP contribution in [0, 0.1) is 16.0 Å². The van der Waals surface area contributed by atoms with E-state index in [1.165, 1.54) is 12.8 Å². The number of rotatable bonds is 11. The van der Waals surface area contributed by atoms with E-state index in [2.05, 4.69) is 10.0 Å². The summed E-state index contributed by atoms with van der Waals surface area (Å²) in [6, 6.07) is 14.2. The highest BCUT2D eigenvalue weighted by molar-refractivity contribution is 7.89. The number of nitrogens with one attached hydrogen (secondary N) is 2. The molecule has 0 spiro atoms. The monoisotopic (exact) mass is 503 g/mol. The predicted octanol–water partition coefficient (Wildman–Crippen LogP) is 3.32. The molecule has 0 heterocycles. The summed E-state index contributed by atoms with van der Waals surface area (Å²) in [7, 11) is -3.97. The van der Waals surface area contributed by atoms with Gasteiger partial charge in [0.25, 0.3) is 5.69 Å². The quantitative estimate of drug-likeness (QED) is 0.244. The highest BCUT2D eigenvalue weighted by atomic mass is 32.2. The number of benzene rings is 2. The largest absolute Gasteiger partial charge is 0.392 e. The number of nitro groups is 1. The molecule has 35 heavy (non-hydrogen) atoms. The van der Waals surface area contributed by atoms with E-state index in [9.17, 15) is 28.4 Å². The van der Waals surface area contributed by atoms with Crippen LogP contribution < -0.4 is 10.0 Å². The first-order chi connectivity index (χ1) is 16.7. The van der Waals surface area contributed by atoms with E-state index in [0.717, 1.165) is 55.5 Å². The summed E-state index contributed by atoms with van der Waals surface area (Å²) in [6.07, 6.45) is 5.85. The molecule has 1 aliphatic carbocycles. The van der Waals surface area contributed by atoms with Crippen molar-refractivity contribution in [2.24, 2.45) is 5.92 Å². The van der Waals surface area contributed by atoms with Crippen LogP contribution in [0.3, 0.4) is 0 Å². The van der Waals surface area contributed by atoms with Crippen molar-refractivity contribution >= 4 is 21.6 Å². The summed E-state index contributed by atoms with van der Waals surface area (Å²) in [4.78, 5) is 23.2. The van der Waals surface area contributed by atoms with E-state index < -0.39 is 27.0 Å². The van der Waals surface area contributed by atoms with Gasteiger partial charge in [0.1, 0.15) is 0 Å². The van der Waals surface area contributed by atoms with Gasteiger partial charge in [-0.25, -0.2) is 13.1 Å². The number of aliphatic hydroxyl groups is 1. The molecule has 9 nitrogen and oxygen atoms in total. The summed E-state index contributed by atoms with van der Waals surface area (Å²) in [5.41, 5.74) is 0.750. The Kier molecular flexibility index (Phi) is 9.76. The van der Waals surface area contributed by atoms with Crippen LogP contribution in [0.15, 0.2) is 59.5 Å². The van der Waals surface area contributed by atoms with Crippen LogP contribution in [0.1, 0.15) is 50.5 Å². The van der Waals surface area contributed by atoms with Crippen molar-refractivity contribution < 1.29 is 23.2 Å². The first kappa shape index (κ1) is 26.8. The number of nitrogens with zero attached hydrogens (tertiary/aromatic N) is 1. The minimum absolute atomic E-state index is 0.0935. The molecule has 3 rings (SSSR count). The molecular formula is C25H33N3O6S. The molecule has 0 saturated heterocycles. The van der Waals surface area contributed by atoms with E-state index in [1.54, 1.807) is 0 Å². The fourth-order valence-corrected chi connectivity index (χ4v) is 5.45. The summed E-state index contributed by atoms with van der Waals surface area (Å²) < 4.78 is 27.4. The Balaban J connectivity index is 1.63. The van der Waals surface area contributed by atoms with E-state index in [0.29, 0.717) is 6.42 Å². The van der Waals surface area contributed by atoms with Gasteiger partial charge in [-0.2, -0.15) is 0 Å². The SMILES string of the molecule is O=C(NC1CCCCCC1)[C@@H](Cc1ccccc1)C[C@H](O)CNS(=O)(=O)c1ccc([N+](=O)[O-])cc1. The van der Waals surface area contributed by atoms with Crippen LogP contribution in [0.2, 0.25) is 0 Å². The van der Waals surface area contributed by atoms with E-state index in [-0.39, 0.29) is 35.5 Å². The van der Waals surface area contributed by atoms with Crippen LogP contribution >= 0.6 is 0 Å². The minimum Gasteiger partial charge on any atom is -0.392 e. The number of sulfonamides is 1. The Labute approximate surface area is 206 Å². The highest BCUT2D eigenvalue weighted by Crippen LogP contribution is 2.21. The number of carbonyl (C=O) groups excluding carboxylic acids is 1. The first-order valence-corrected chi connectivity index (χ1v) is 13.5. The van der Waals surface area contributed by atoms with E-state index >= 15 is 0 Å². The van der Waals surface area contributed by atoms with E-state index in [4.69, 9.17) is 0 Å². The van der Waals surface area contributed by atoms with Gasteiger partial charge < -0.3 is 10.4 Å². The Bertz CT molecular complexity index is 1070. The molecule has 2 aromatic rings. The maximum absolute atomic E-state index is 13.2. The molecule has 1 aliphatic rings. The second-order valence-corrected chi connectivity index (χ2v) is 10.8. The molecule has 0 aromatic heterocycles. The number of amides is 1. The third-order valence-electron chi connectivity index (χ3n) is 6.32. The lowest BCUT2D eigenvalue weighted by atomic mass is 9.92. The molecule has 0 aliphatic heterocycles. The maximum Gasteiger partial charge on any atom is 0.269 e. The van der Waals surface area contributed by atoms with Crippen LogP contribution in [0.4, 0.5) is 5.69 Å². The van der Waals surface area contributed by atoms with Gasteiger partial charge >= 0.3 is 0 Å². The molecule has 1 fully saturated rings. The van der Waals surface area contributed by atoms with Crippen LogP contribution in [0.5, 0.6) is 0 Å². The molecular weight excluding hydrogens is 470 g/mol. The maximum atomic E-state index is 13.2. The van der Waals surface area contributed by atoms with Crippen molar-refractivity contribution in [3.8, 4) is 0 Å². The average Bonchev–Trinajstić information content (AvgIpc) is 3.12. The molecule has 2 atom stereocenters. The van der Waals surface area contributed by atoms with Gasteiger partial charge in [0, 0.05) is 30.6 Å². The average molecular weight is 504 g/mol. The second-order valence-electron chi connectivity index (χ2n) is 9.08. The molecule has 0 radical (unpaired) electrons. The number of hydrogen-bond acceptors (Lipinski definition) is 6. The van der Waals surface area contributed by atoms with Crippen LogP contribution in [-0.2, 0) is 21.2 Å². The summed E-state index contributed by atoms with van der Waals surface area (Å²) in [5.74, 6) is -0.641. The lowest BCUT2D eigenvalue weighted by molar-refractivity contribution is -0.384. The molecule has 190 valence electrons. The van der Waals surface area contributed by atoms with Gasteiger partial charge in [-0.05, 0) is 43.4 Å².